The SMILES string of the molecule is CCCn1c(O)c(C#N)c(C)c(N=Nc2ccc(Cl)cc2)c1=O. The molecule has 1 N–H and O–H groups in total. The van der Waals surface area contributed by atoms with Crippen molar-refractivity contribution in [3.8, 4) is 11.9 Å². The van der Waals surface area contributed by atoms with Gasteiger partial charge in [-0.3, -0.25) is 9.36 Å². The van der Waals surface area contributed by atoms with Crippen LogP contribution in [0, 0.1) is 18.3 Å². The lowest BCUT2D eigenvalue weighted by atomic mass is 10.1. The number of azo groups is 1. The third-order valence-corrected chi connectivity index (χ3v) is 3.56. The molecule has 23 heavy (non-hydrogen) atoms. The number of pyridine rings is 1. The number of hydrogen-bond donors (Lipinski definition) is 1. The first kappa shape index (κ1) is 16.7. The Kier molecular flexibility index (Phi) is 5.14. The maximum absolute atomic E-state index is 12.5. The van der Waals surface area contributed by atoms with Crippen LogP contribution in [0.25, 0.3) is 0 Å². The molecule has 2 aromatic rings. The maximum Gasteiger partial charge on any atom is 0.281 e. The van der Waals surface area contributed by atoms with Crippen molar-refractivity contribution < 1.29 is 5.11 Å². The Morgan fingerprint density at radius 2 is 1.96 bits per heavy atom. The van der Waals surface area contributed by atoms with E-state index in [0.29, 0.717) is 29.2 Å². The minimum Gasteiger partial charge on any atom is -0.493 e. The molecule has 0 saturated heterocycles. The molecule has 0 aliphatic rings. The zero-order valence-electron chi connectivity index (χ0n) is 12.7. The van der Waals surface area contributed by atoms with Crippen molar-refractivity contribution in [3.63, 3.8) is 0 Å². The molecule has 0 radical (unpaired) electrons. The molecular weight excluding hydrogens is 316 g/mol. The Balaban J connectivity index is 2.58. The van der Waals surface area contributed by atoms with Gasteiger partial charge in [-0.1, -0.05) is 18.5 Å². The van der Waals surface area contributed by atoms with Crippen LogP contribution in [-0.2, 0) is 6.54 Å². The van der Waals surface area contributed by atoms with Crippen LogP contribution in [0.4, 0.5) is 11.4 Å². The highest BCUT2D eigenvalue weighted by Crippen LogP contribution is 2.27. The Bertz CT molecular complexity index is 848. The second-order valence-electron chi connectivity index (χ2n) is 4.92. The summed E-state index contributed by atoms with van der Waals surface area (Å²) in [6.07, 6.45) is 0.634. The van der Waals surface area contributed by atoms with Crippen molar-refractivity contribution in [2.45, 2.75) is 26.8 Å². The molecule has 0 atom stereocenters. The number of hydrogen-bond acceptors (Lipinski definition) is 5. The van der Waals surface area contributed by atoms with Crippen LogP contribution < -0.4 is 5.56 Å². The number of nitrogens with zero attached hydrogens (tertiary/aromatic N) is 4. The van der Waals surface area contributed by atoms with E-state index < -0.39 is 5.56 Å². The standard InChI is InChI=1S/C16H15ClN4O2/c1-3-8-21-15(22)13(9-18)10(2)14(16(21)23)20-19-12-6-4-11(17)5-7-12/h4-7,22H,3,8H2,1-2H3. The first-order chi connectivity index (χ1) is 11.0. The summed E-state index contributed by atoms with van der Waals surface area (Å²) in [4.78, 5) is 12.5. The minimum absolute atomic E-state index is 0.0307. The third kappa shape index (κ3) is 3.41. The van der Waals surface area contributed by atoms with E-state index in [1.807, 2.05) is 13.0 Å². The van der Waals surface area contributed by atoms with Gasteiger partial charge in [0.05, 0.1) is 5.69 Å². The Morgan fingerprint density at radius 3 is 2.52 bits per heavy atom. The number of aromatic hydroxyl groups is 1. The van der Waals surface area contributed by atoms with Crippen LogP contribution in [0.1, 0.15) is 24.5 Å². The first-order valence-electron chi connectivity index (χ1n) is 7.03. The van der Waals surface area contributed by atoms with Crippen LogP contribution >= 0.6 is 11.6 Å². The number of benzene rings is 1. The Labute approximate surface area is 138 Å². The molecule has 0 aliphatic heterocycles. The van der Waals surface area contributed by atoms with Crippen molar-refractivity contribution in [3.05, 3.63) is 50.8 Å². The van der Waals surface area contributed by atoms with Gasteiger partial charge in [0.25, 0.3) is 5.56 Å². The highest BCUT2D eigenvalue weighted by atomic mass is 35.5. The van der Waals surface area contributed by atoms with Gasteiger partial charge in [0.1, 0.15) is 11.6 Å². The highest BCUT2D eigenvalue weighted by Gasteiger charge is 2.18. The highest BCUT2D eigenvalue weighted by molar-refractivity contribution is 6.30. The average molecular weight is 331 g/mol. The van der Waals surface area contributed by atoms with Crippen molar-refractivity contribution >= 4 is 23.0 Å². The van der Waals surface area contributed by atoms with Crippen LogP contribution in [0.2, 0.25) is 5.02 Å². The van der Waals surface area contributed by atoms with E-state index >= 15 is 0 Å². The van der Waals surface area contributed by atoms with Gasteiger partial charge in [-0.25, -0.2) is 0 Å². The number of halogens is 1. The second kappa shape index (κ2) is 7.07. The zero-order valence-corrected chi connectivity index (χ0v) is 13.5. The molecule has 0 fully saturated rings. The predicted molar refractivity (Wildman–Crippen MR) is 87.7 cm³/mol. The van der Waals surface area contributed by atoms with E-state index in [1.165, 1.54) is 0 Å². The van der Waals surface area contributed by atoms with Gasteiger partial charge in [0, 0.05) is 17.1 Å². The van der Waals surface area contributed by atoms with Gasteiger partial charge >= 0.3 is 0 Å². The van der Waals surface area contributed by atoms with Crippen molar-refractivity contribution in [2.75, 3.05) is 0 Å². The molecular formula is C16H15ClN4O2. The Morgan fingerprint density at radius 1 is 1.30 bits per heavy atom. The summed E-state index contributed by atoms with van der Waals surface area (Å²) in [5, 5.41) is 27.8. The molecule has 0 aliphatic carbocycles. The number of aromatic nitrogens is 1. The molecule has 6 nitrogen and oxygen atoms in total. The maximum atomic E-state index is 12.5. The van der Waals surface area contributed by atoms with Crippen molar-refractivity contribution in [1.82, 2.24) is 4.57 Å². The fourth-order valence-corrected chi connectivity index (χ4v) is 2.23. The van der Waals surface area contributed by atoms with Gasteiger partial charge in [-0.2, -0.15) is 10.4 Å². The molecule has 0 spiro atoms. The monoisotopic (exact) mass is 330 g/mol. The van der Waals surface area contributed by atoms with Gasteiger partial charge < -0.3 is 5.11 Å². The summed E-state index contributed by atoms with van der Waals surface area (Å²) >= 11 is 5.80. The van der Waals surface area contributed by atoms with Gasteiger partial charge in [0.15, 0.2) is 5.69 Å². The van der Waals surface area contributed by atoms with Crippen molar-refractivity contribution in [2.24, 2.45) is 10.2 Å². The summed E-state index contributed by atoms with van der Waals surface area (Å²) in [6, 6.07) is 8.56. The van der Waals surface area contributed by atoms with Crippen LogP contribution in [0.5, 0.6) is 5.88 Å². The van der Waals surface area contributed by atoms with Gasteiger partial charge in [0.2, 0.25) is 5.88 Å². The molecule has 1 aromatic carbocycles. The number of nitriles is 1. The summed E-state index contributed by atoms with van der Waals surface area (Å²) in [5.74, 6) is -0.331. The number of rotatable bonds is 4. The fourth-order valence-electron chi connectivity index (χ4n) is 2.10. The lowest BCUT2D eigenvalue weighted by Crippen LogP contribution is -2.21. The van der Waals surface area contributed by atoms with E-state index in [4.69, 9.17) is 11.6 Å². The fraction of sp³-hybridized carbons (Fsp3) is 0.250. The summed E-state index contributed by atoms with van der Waals surface area (Å²) in [7, 11) is 0. The van der Waals surface area contributed by atoms with Gasteiger partial charge in [-0.15, -0.1) is 5.11 Å². The lowest BCUT2D eigenvalue weighted by molar-refractivity contribution is 0.402. The normalized spacial score (nSPS) is 10.9. The zero-order chi connectivity index (χ0) is 17.0. The van der Waals surface area contributed by atoms with Crippen LogP contribution in [0.3, 0.4) is 0 Å². The van der Waals surface area contributed by atoms with E-state index in [-0.39, 0.29) is 17.1 Å². The molecule has 0 saturated carbocycles. The topological polar surface area (TPSA) is 90.7 Å². The lowest BCUT2D eigenvalue weighted by Gasteiger charge is -2.11. The molecule has 1 aromatic heterocycles. The van der Waals surface area contributed by atoms with Crippen LogP contribution in [0.15, 0.2) is 39.3 Å². The second-order valence-corrected chi connectivity index (χ2v) is 5.35. The minimum atomic E-state index is -0.474. The predicted octanol–water partition coefficient (Wildman–Crippen LogP) is 4.21. The molecule has 118 valence electrons. The van der Waals surface area contributed by atoms with E-state index in [9.17, 15) is 15.2 Å². The largest absolute Gasteiger partial charge is 0.493 e. The van der Waals surface area contributed by atoms with Gasteiger partial charge in [-0.05, 0) is 37.6 Å². The molecule has 0 unspecified atom stereocenters. The molecule has 1 heterocycles. The third-order valence-electron chi connectivity index (χ3n) is 3.31. The summed E-state index contributed by atoms with van der Waals surface area (Å²) < 4.78 is 1.14. The Hall–Kier alpha value is -2.65. The first-order valence-corrected chi connectivity index (χ1v) is 7.41. The molecule has 7 heteroatoms. The van der Waals surface area contributed by atoms with E-state index in [2.05, 4.69) is 10.2 Å². The smallest absolute Gasteiger partial charge is 0.281 e. The van der Waals surface area contributed by atoms with Crippen LogP contribution in [-0.4, -0.2) is 9.67 Å². The quantitative estimate of drug-likeness (QED) is 0.851. The van der Waals surface area contributed by atoms with Crippen molar-refractivity contribution in [1.29, 1.82) is 5.26 Å². The van der Waals surface area contributed by atoms with E-state index in [1.54, 1.807) is 31.2 Å². The summed E-state index contributed by atoms with van der Waals surface area (Å²) in [6.45, 7) is 3.72. The summed E-state index contributed by atoms with van der Waals surface area (Å²) in [5.41, 5.74) is 0.436. The molecule has 0 amide bonds. The molecule has 2 rings (SSSR count). The van der Waals surface area contributed by atoms with E-state index in [0.717, 1.165) is 4.57 Å². The average Bonchev–Trinajstić information content (AvgIpc) is 2.53. The molecule has 0 bridgehead atoms.